The van der Waals surface area contributed by atoms with Crippen LogP contribution < -0.4 is 15.1 Å². The molecule has 1 saturated heterocycles. The van der Waals surface area contributed by atoms with E-state index in [1.807, 2.05) is 7.05 Å². The van der Waals surface area contributed by atoms with Gasteiger partial charge in [-0.25, -0.2) is 4.98 Å². The van der Waals surface area contributed by atoms with Crippen LogP contribution >= 0.6 is 0 Å². The molecule has 0 radical (unpaired) electrons. The molecule has 3 heterocycles. The van der Waals surface area contributed by atoms with Gasteiger partial charge in [-0.1, -0.05) is 13.8 Å². The highest BCUT2D eigenvalue weighted by Crippen LogP contribution is 2.29. The minimum Gasteiger partial charge on any atom is -0.370 e. The fourth-order valence-corrected chi connectivity index (χ4v) is 3.99. The molecular weight excluding hydrogens is 334 g/mol. The number of likely N-dealkylation sites (N-methyl/N-ethyl adjacent to an activating group) is 2. The van der Waals surface area contributed by atoms with Gasteiger partial charge in [0.05, 0.1) is 18.1 Å². The minimum atomic E-state index is 0.210. The first kappa shape index (κ1) is 19.7. The molecule has 0 bridgehead atoms. The van der Waals surface area contributed by atoms with Gasteiger partial charge in [0.1, 0.15) is 5.82 Å². The SMILES string of the molecule is CCCN(C1=CC(NC)N(C)C=C1)c1ncc(N2CCCCC2)cc1CC. The molecule has 0 spiro atoms. The van der Waals surface area contributed by atoms with Gasteiger partial charge < -0.3 is 14.7 Å². The molecule has 2 aliphatic heterocycles. The van der Waals surface area contributed by atoms with Gasteiger partial charge in [-0.3, -0.25) is 5.32 Å². The molecule has 27 heavy (non-hydrogen) atoms. The second kappa shape index (κ2) is 9.27. The summed E-state index contributed by atoms with van der Waals surface area (Å²) in [6.07, 6.45) is 14.9. The van der Waals surface area contributed by atoms with Crippen LogP contribution in [0.4, 0.5) is 11.5 Å². The second-order valence-corrected chi connectivity index (χ2v) is 7.54. The number of hydrogen-bond donors (Lipinski definition) is 1. The van der Waals surface area contributed by atoms with Crippen LogP contribution in [-0.2, 0) is 6.42 Å². The zero-order valence-corrected chi connectivity index (χ0v) is 17.4. The Labute approximate surface area is 164 Å². The van der Waals surface area contributed by atoms with Crippen molar-refractivity contribution in [2.24, 2.45) is 0 Å². The second-order valence-electron chi connectivity index (χ2n) is 7.54. The minimum absolute atomic E-state index is 0.210. The number of allylic oxidation sites excluding steroid dienone is 1. The zero-order valence-electron chi connectivity index (χ0n) is 17.4. The molecule has 1 fully saturated rings. The van der Waals surface area contributed by atoms with E-state index in [0.717, 1.165) is 38.3 Å². The molecule has 2 aliphatic rings. The van der Waals surface area contributed by atoms with Crippen LogP contribution in [0.5, 0.6) is 0 Å². The number of hydrogen-bond acceptors (Lipinski definition) is 5. The van der Waals surface area contributed by atoms with Crippen LogP contribution in [-0.4, -0.2) is 49.8 Å². The smallest absolute Gasteiger partial charge is 0.136 e. The molecular formula is C22H35N5. The van der Waals surface area contributed by atoms with Gasteiger partial charge in [0.25, 0.3) is 0 Å². The monoisotopic (exact) mass is 369 g/mol. The van der Waals surface area contributed by atoms with E-state index >= 15 is 0 Å². The van der Waals surface area contributed by atoms with Gasteiger partial charge in [-0.2, -0.15) is 0 Å². The number of nitrogens with zero attached hydrogens (tertiary/aromatic N) is 4. The lowest BCUT2D eigenvalue weighted by atomic mass is 10.1. The van der Waals surface area contributed by atoms with Crippen molar-refractivity contribution in [2.45, 2.75) is 52.1 Å². The lowest BCUT2D eigenvalue weighted by Gasteiger charge is -2.34. The van der Waals surface area contributed by atoms with Crippen LogP contribution in [0.2, 0.25) is 0 Å². The van der Waals surface area contributed by atoms with Gasteiger partial charge >= 0.3 is 0 Å². The first-order chi connectivity index (χ1) is 13.2. The number of rotatable bonds is 7. The Kier molecular flexibility index (Phi) is 6.78. The van der Waals surface area contributed by atoms with Crippen molar-refractivity contribution in [1.29, 1.82) is 0 Å². The van der Waals surface area contributed by atoms with Gasteiger partial charge in [0.15, 0.2) is 0 Å². The van der Waals surface area contributed by atoms with Crippen molar-refractivity contribution in [2.75, 3.05) is 43.5 Å². The Morgan fingerprint density at radius 1 is 1.22 bits per heavy atom. The van der Waals surface area contributed by atoms with Crippen molar-refractivity contribution in [3.8, 4) is 0 Å². The number of nitrogens with one attached hydrogen (secondary N) is 1. The fourth-order valence-electron chi connectivity index (χ4n) is 3.99. The first-order valence-electron chi connectivity index (χ1n) is 10.5. The standard InChI is InChI=1S/C22H35N5/c1-5-11-27(19-10-14-25(4)21(16-19)23-3)22-18(6-2)15-20(17-24-22)26-12-8-7-9-13-26/h10,14-17,21,23H,5-9,11-13H2,1-4H3. The largest absolute Gasteiger partial charge is 0.370 e. The molecule has 1 unspecified atom stereocenters. The van der Waals surface area contributed by atoms with Crippen LogP contribution in [0.25, 0.3) is 0 Å². The maximum atomic E-state index is 4.96. The van der Waals surface area contributed by atoms with E-state index in [4.69, 9.17) is 4.98 Å². The van der Waals surface area contributed by atoms with Crippen molar-refractivity contribution in [3.63, 3.8) is 0 Å². The topological polar surface area (TPSA) is 34.6 Å². The molecule has 5 heteroatoms. The molecule has 1 aromatic heterocycles. The number of pyridine rings is 1. The van der Waals surface area contributed by atoms with Gasteiger partial charge in [0.2, 0.25) is 0 Å². The lowest BCUT2D eigenvalue weighted by molar-refractivity contribution is 0.339. The third-order valence-corrected chi connectivity index (χ3v) is 5.59. The Morgan fingerprint density at radius 3 is 2.67 bits per heavy atom. The molecule has 0 aromatic carbocycles. The molecule has 1 N–H and O–H groups in total. The van der Waals surface area contributed by atoms with E-state index in [1.165, 1.54) is 36.2 Å². The molecule has 5 nitrogen and oxygen atoms in total. The van der Waals surface area contributed by atoms with Crippen LogP contribution in [0.3, 0.4) is 0 Å². The summed E-state index contributed by atoms with van der Waals surface area (Å²) in [6.45, 7) is 7.76. The Balaban J connectivity index is 1.92. The predicted molar refractivity (Wildman–Crippen MR) is 115 cm³/mol. The molecule has 148 valence electrons. The number of piperidine rings is 1. The third-order valence-electron chi connectivity index (χ3n) is 5.59. The van der Waals surface area contributed by atoms with Gasteiger partial charge in [-0.05, 0) is 62.9 Å². The highest BCUT2D eigenvalue weighted by atomic mass is 15.3. The zero-order chi connectivity index (χ0) is 19.2. The molecule has 1 aromatic rings. The summed E-state index contributed by atoms with van der Waals surface area (Å²) in [7, 11) is 4.10. The van der Waals surface area contributed by atoms with E-state index in [-0.39, 0.29) is 6.17 Å². The van der Waals surface area contributed by atoms with E-state index < -0.39 is 0 Å². The van der Waals surface area contributed by atoms with Crippen molar-refractivity contribution < 1.29 is 0 Å². The highest BCUT2D eigenvalue weighted by molar-refractivity contribution is 5.60. The summed E-state index contributed by atoms with van der Waals surface area (Å²) in [5, 5.41) is 3.36. The molecule has 0 aliphatic carbocycles. The average Bonchev–Trinajstić information content (AvgIpc) is 2.73. The van der Waals surface area contributed by atoms with E-state index in [2.05, 4.69) is 71.5 Å². The first-order valence-corrected chi connectivity index (χ1v) is 10.5. The summed E-state index contributed by atoms with van der Waals surface area (Å²) in [4.78, 5) is 12.0. The maximum Gasteiger partial charge on any atom is 0.136 e. The molecule has 0 saturated carbocycles. The molecule has 1 atom stereocenters. The maximum absolute atomic E-state index is 4.96. The highest BCUT2D eigenvalue weighted by Gasteiger charge is 2.21. The normalized spacial score (nSPS) is 20.0. The Bertz CT molecular complexity index is 675. The summed E-state index contributed by atoms with van der Waals surface area (Å²) in [5.74, 6) is 1.11. The van der Waals surface area contributed by atoms with Crippen molar-refractivity contribution in [1.82, 2.24) is 15.2 Å². The quantitative estimate of drug-likeness (QED) is 0.792. The molecule has 3 rings (SSSR count). The Morgan fingerprint density at radius 2 is 2.00 bits per heavy atom. The summed E-state index contributed by atoms with van der Waals surface area (Å²) < 4.78 is 0. The van der Waals surface area contributed by atoms with Gasteiger partial charge in [-0.15, -0.1) is 0 Å². The van der Waals surface area contributed by atoms with Crippen LogP contribution in [0.15, 0.2) is 36.3 Å². The van der Waals surface area contributed by atoms with E-state index in [9.17, 15) is 0 Å². The summed E-state index contributed by atoms with van der Waals surface area (Å²) >= 11 is 0. The van der Waals surface area contributed by atoms with Crippen LogP contribution in [0.1, 0.15) is 45.1 Å². The van der Waals surface area contributed by atoms with E-state index in [1.54, 1.807) is 0 Å². The van der Waals surface area contributed by atoms with Crippen molar-refractivity contribution >= 4 is 11.5 Å². The van der Waals surface area contributed by atoms with E-state index in [0.29, 0.717) is 0 Å². The summed E-state index contributed by atoms with van der Waals surface area (Å²) in [5.41, 5.74) is 3.84. The van der Waals surface area contributed by atoms with Gasteiger partial charge in [0, 0.05) is 38.6 Å². The van der Waals surface area contributed by atoms with Crippen molar-refractivity contribution in [3.05, 3.63) is 41.9 Å². The Hall–Kier alpha value is -2.01. The fraction of sp³-hybridized carbons (Fsp3) is 0.591. The lowest BCUT2D eigenvalue weighted by Crippen LogP contribution is -2.40. The number of anilines is 2. The number of aryl methyl sites for hydroxylation is 1. The average molecular weight is 370 g/mol. The summed E-state index contributed by atoms with van der Waals surface area (Å²) in [6, 6.07) is 2.37. The number of aromatic nitrogens is 1. The third kappa shape index (κ3) is 4.46. The molecule has 0 amide bonds. The van der Waals surface area contributed by atoms with Crippen LogP contribution in [0, 0.1) is 0 Å². The predicted octanol–water partition coefficient (Wildman–Crippen LogP) is 3.74.